The van der Waals surface area contributed by atoms with E-state index in [0.29, 0.717) is 40.7 Å². The fourth-order valence-corrected chi connectivity index (χ4v) is 3.46. The summed E-state index contributed by atoms with van der Waals surface area (Å²) in [4.78, 5) is 24.6. The third-order valence-electron chi connectivity index (χ3n) is 4.84. The number of halogens is 1. The molecule has 6 nitrogen and oxygen atoms in total. The molecule has 0 atom stereocenters. The van der Waals surface area contributed by atoms with Crippen molar-refractivity contribution in [3.05, 3.63) is 82.1 Å². The minimum absolute atomic E-state index is 0.206. The van der Waals surface area contributed by atoms with Gasteiger partial charge in [0, 0.05) is 29.7 Å². The molecule has 0 radical (unpaired) electrons. The van der Waals surface area contributed by atoms with Crippen molar-refractivity contribution in [3.8, 4) is 5.75 Å². The number of hydrogen-bond acceptors (Lipinski definition) is 3. The number of anilines is 1. The molecule has 156 valence electrons. The van der Waals surface area contributed by atoms with Gasteiger partial charge in [0.1, 0.15) is 12.4 Å². The monoisotopic (exact) mass is 425 g/mol. The molecule has 2 amide bonds. The molecule has 0 bridgehead atoms. The average Bonchev–Trinajstić information content (AvgIpc) is 3.03. The number of benzene rings is 2. The number of para-hydroxylation sites is 1. The fourth-order valence-electron chi connectivity index (χ4n) is 3.26. The largest absolute Gasteiger partial charge is 0.490 e. The van der Waals surface area contributed by atoms with Gasteiger partial charge in [-0.15, -0.1) is 0 Å². The Hall–Kier alpha value is -3.25. The van der Waals surface area contributed by atoms with Crippen LogP contribution in [0, 0.1) is 13.8 Å². The van der Waals surface area contributed by atoms with Gasteiger partial charge in [-0.25, -0.2) is 0 Å². The summed E-state index contributed by atoms with van der Waals surface area (Å²) in [5.41, 5.74) is 3.43. The molecule has 7 heteroatoms. The highest BCUT2D eigenvalue weighted by Gasteiger charge is 2.16. The summed E-state index contributed by atoms with van der Waals surface area (Å²) >= 11 is 6.12. The first kappa shape index (κ1) is 21.5. The van der Waals surface area contributed by atoms with E-state index in [2.05, 4.69) is 10.6 Å². The Balaban J connectivity index is 1.69. The molecule has 0 saturated heterocycles. The van der Waals surface area contributed by atoms with Crippen molar-refractivity contribution in [1.82, 2.24) is 9.88 Å². The van der Waals surface area contributed by atoms with Crippen LogP contribution in [0.25, 0.3) is 0 Å². The number of hydrogen-bond donors (Lipinski definition) is 2. The van der Waals surface area contributed by atoms with Gasteiger partial charge in [-0.3, -0.25) is 9.59 Å². The second kappa shape index (κ2) is 9.50. The highest BCUT2D eigenvalue weighted by atomic mass is 35.5. The number of nitrogens with zero attached hydrogens (tertiary/aromatic N) is 1. The minimum atomic E-state index is -0.226. The Bertz CT molecular complexity index is 1080. The van der Waals surface area contributed by atoms with Crippen molar-refractivity contribution in [3.63, 3.8) is 0 Å². The standard InChI is InChI=1S/C23H24ClN3O3/c1-15-13-19(23(29)26-18-8-6-7-17(14-18)22(28)25-3)16(2)27(15)11-12-30-21-10-5-4-9-20(21)24/h4-10,13-14H,11-12H2,1-3H3,(H,25,28)(H,26,29). The minimum Gasteiger partial charge on any atom is -0.490 e. The highest BCUT2D eigenvalue weighted by Crippen LogP contribution is 2.23. The number of amides is 2. The molecule has 0 aliphatic heterocycles. The van der Waals surface area contributed by atoms with Crippen LogP contribution in [-0.4, -0.2) is 30.0 Å². The first-order valence-corrected chi connectivity index (χ1v) is 9.96. The maximum Gasteiger partial charge on any atom is 0.257 e. The van der Waals surface area contributed by atoms with Crippen LogP contribution in [0.5, 0.6) is 5.75 Å². The van der Waals surface area contributed by atoms with Crippen LogP contribution in [0.15, 0.2) is 54.6 Å². The number of aromatic nitrogens is 1. The summed E-state index contributed by atoms with van der Waals surface area (Å²) in [5.74, 6) is 0.203. The summed E-state index contributed by atoms with van der Waals surface area (Å²) in [7, 11) is 1.57. The van der Waals surface area contributed by atoms with Crippen molar-refractivity contribution in [1.29, 1.82) is 0 Å². The molecule has 3 aromatic rings. The molecule has 3 rings (SSSR count). The molecule has 0 aliphatic rings. The van der Waals surface area contributed by atoms with Crippen molar-refractivity contribution >= 4 is 29.1 Å². The van der Waals surface area contributed by atoms with Gasteiger partial charge in [0.05, 0.1) is 17.1 Å². The molecule has 0 fully saturated rings. The van der Waals surface area contributed by atoms with E-state index in [-0.39, 0.29) is 11.8 Å². The average molecular weight is 426 g/mol. The predicted octanol–water partition coefficient (Wildman–Crippen LogP) is 4.45. The van der Waals surface area contributed by atoms with E-state index in [1.54, 1.807) is 37.4 Å². The third-order valence-corrected chi connectivity index (χ3v) is 5.15. The first-order valence-electron chi connectivity index (χ1n) is 9.58. The number of carbonyl (C=O) groups is 2. The second-order valence-electron chi connectivity index (χ2n) is 6.83. The molecular weight excluding hydrogens is 402 g/mol. The lowest BCUT2D eigenvalue weighted by Crippen LogP contribution is -2.18. The molecular formula is C23H24ClN3O3. The molecule has 0 unspecified atom stereocenters. The van der Waals surface area contributed by atoms with E-state index in [1.165, 1.54) is 0 Å². The Labute approximate surface area is 180 Å². The van der Waals surface area contributed by atoms with Gasteiger partial charge in [0.15, 0.2) is 0 Å². The topological polar surface area (TPSA) is 72.4 Å². The Morgan fingerprint density at radius 2 is 1.80 bits per heavy atom. The molecule has 0 aliphatic carbocycles. The smallest absolute Gasteiger partial charge is 0.257 e. The van der Waals surface area contributed by atoms with Crippen molar-refractivity contribution in [2.24, 2.45) is 0 Å². The Morgan fingerprint density at radius 1 is 1.03 bits per heavy atom. The SMILES string of the molecule is CNC(=O)c1cccc(NC(=O)c2cc(C)n(CCOc3ccccc3Cl)c2C)c1. The summed E-state index contributed by atoms with van der Waals surface area (Å²) in [5, 5.41) is 6.01. The highest BCUT2D eigenvalue weighted by molar-refractivity contribution is 6.32. The maximum absolute atomic E-state index is 12.8. The quantitative estimate of drug-likeness (QED) is 0.587. The van der Waals surface area contributed by atoms with Crippen LogP contribution in [0.2, 0.25) is 5.02 Å². The number of aryl methyl sites for hydroxylation is 1. The summed E-state index contributed by atoms with van der Waals surface area (Å²) in [6.45, 7) is 4.86. The number of ether oxygens (including phenoxy) is 1. The van der Waals surface area contributed by atoms with E-state index in [1.807, 2.05) is 42.7 Å². The number of carbonyl (C=O) groups excluding carboxylic acids is 2. The third kappa shape index (κ3) is 4.83. The lowest BCUT2D eigenvalue weighted by molar-refractivity contribution is 0.0961. The number of nitrogens with one attached hydrogen (secondary N) is 2. The van der Waals surface area contributed by atoms with E-state index in [0.717, 1.165) is 11.4 Å². The van der Waals surface area contributed by atoms with Gasteiger partial charge in [0.2, 0.25) is 0 Å². The van der Waals surface area contributed by atoms with Crippen LogP contribution in [0.1, 0.15) is 32.1 Å². The summed E-state index contributed by atoms with van der Waals surface area (Å²) in [6, 6.07) is 16.0. The van der Waals surface area contributed by atoms with Crippen molar-refractivity contribution in [2.45, 2.75) is 20.4 Å². The summed E-state index contributed by atoms with van der Waals surface area (Å²) < 4.78 is 7.81. The molecule has 1 aromatic heterocycles. The van der Waals surface area contributed by atoms with Gasteiger partial charge >= 0.3 is 0 Å². The van der Waals surface area contributed by atoms with Crippen LogP contribution < -0.4 is 15.4 Å². The van der Waals surface area contributed by atoms with E-state index in [9.17, 15) is 9.59 Å². The van der Waals surface area contributed by atoms with Crippen molar-refractivity contribution < 1.29 is 14.3 Å². The zero-order chi connectivity index (χ0) is 21.7. The van der Waals surface area contributed by atoms with Gasteiger partial charge in [-0.2, -0.15) is 0 Å². The Morgan fingerprint density at radius 3 is 2.53 bits per heavy atom. The molecule has 2 N–H and O–H groups in total. The van der Waals surface area contributed by atoms with Crippen LogP contribution in [0.3, 0.4) is 0 Å². The molecule has 1 heterocycles. The zero-order valence-electron chi connectivity index (χ0n) is 17.2. The van der Waals surface area contributed by atoms with E-state index >= 15 is 0 Å². The van der Waals surface area contributed by atoms with Crippen LogP contribution in [0.4, 0.5) is 5.69 Å². The van der Waals surface area contributed by atoms with Gasteiger partial charge < -0.3 is 19.9 Å². The Kier molecular flexibility index (Phi) is 6.79. The lowest BCUT2D eigenvalue weighted by Gasteiger charge is -2.12. The van der Waals surface area contributed by atoms with Crippen molar-refractivity contribution in [2.75, 3.05) is 19.0 Å². The fraction of sp³-hybridized carbons (Fsp3) is 0.217. The van der Waals surface area contributed by atoms with Gasteiger partial charge in [-0.1, -0.05) is 29.8 Å². The van der Waals surface area contributed by atoms with E-state index in [4.69, 9.17) is 16.3 Å². The second-order valence-corrected chi connectivity index (χ2v) is 7.24. The number of rotatable bonds is 7. The predicted molar refractivity (Wildman–Crippen MR) is 119 cm³/mol. The van der Waals surface area contributed by atoms with Gasteiger partial charge in [0.25, 0.3) is 11.8 Å². The maximum atomic E-state index is 12.8. The normalized spacial score (nSPS) is 10.5. The summed E-state index contributed by atoms with van der Waals surface area (Å²) in [6.07, 6.45) is 0. The lowest BCUT2D eigenvalue weighted by atomic mass is 10.1. The van der Waals surface area contributed by atoms with Crippen LogP contribution >= 0.6 is 11.6 Å². The van der Waals surface area contributed by atoms with E-state index < -0.39 is 0 Å². The first-order chi connectivity index (χ1) is 14.4. The molecule has 0 spiro atoms. The molecule has 30 heavy (non-hydrogen) atoms. The molecule has 0 saturated carbocycles. The van der Waals surface area contributed by atoms with Gasteiger partial charge in [-0.05, 0) is 50.2 Å². The molecule has 2 aromatic carbocycles. The zero-order valence-corrected chi connectivity index (χ0v) is 17.9. The van der Waals surface area contributed by atoms with Crippen LogP contribution in [-0.2, 0) is 6.54 Å².